The minimum atomic E-state index is -0.000761. The minimum absolute atomic E-state index is 0.000761. The second kappa shape index (κ2) is 4.66. The Hall–Kier alpha value is -2.88. The number of hydrogen-bond acceptors (Lipinski definition) is 4. The predicted molar refractivity (Wildman–Crippen MR) is 76.6 cm³/mol. The van der Waals surface area contributed by atoms with Crippen LogP contribution in [0.25, 0.3) is 23.1 Å². The van der Waals surface area contributed by atoms with E-state index in [0.717, 1.165) is 5.39 Å². The van der Waals surface area contributed by atoms with E-state index in [1.54, 1.807) is 30.4 Å². The number of phenols is 3. The Bertz CT molecular complexity index is 779. The van der Waals surface area contributed by atoms with Crippen LogP contribution < -0.4 is 0 Å². The molecule has 1 heterocycles. The van der Waals surface area contributed by atoms with Crippen molar-refractivity contribution >= 4 is 23.1 Å². The minimum Gasteiger partial charge on any atom is -0.508 e. The third-order valence-electron chi connectivity index (χ3n) is 2.89. The van der Waals surface area contributed by atoms with Crippen molar-refractivity contribution in [3.8, 4) is 17.2 Å². The van der Waals surface area contributed by atoms with Crippen molar-refractivity contribution in [2.45, 2.75) is 0 Å². The number of rotatable bonds is 2. The third-order valence-corrected chi connectivity index (χ3v) is 2.89. The molecule has 0 spiro atoms. The summed E-state index contributed by atoms with van der Waals surface area (Å²) in [6, 6.07) is 11.1. The highest BCUT2D eigenvalue weighted by atomic mass is 16.3. The predicted octanol–water partition coefficient (Wildman–Crippen LogP) is 3.72. The van der Waals surface area contributed by atoms with E-state index >= 15 is 0 Å². The van der Waals surface area contributed by atoms with Gasteiger partial charge in [0.05, 0.1) is 0 Å². The van der Waals surface area contributed by atoms with Crippen molar-refractivity contribution in [2.24, 2.45) is 0 Å². The van der Waals surface area contributed by atoms with Crippen LogP contribution in [0, 0.1) is 0 Å². The molecule has 100 valence electrons. The van der Waals surface area contributed by atoms with Gasteiger partial charge in [0.2, 0.25) is 0 Å². The third kappa shape index (κ3) is 2.44. The van der Waals surface area contributed by atoms with E-state index in [4.69, 9.17) is 4.42 Å². The molecule has 0 bridgehead atoms. The molecular weight excluding hydrogens is 256 g/mol. The first-order valence-corrected chi connectivity index (χ1v) is 6.04. The maximum Gasteiger partial charge on any atom is 0.138 e. The molecule has 0 radical (unpaired) electrons. The summed E-state index contributed by atoms with van der Waals surface area (Å²) >= 11 is 0. The van der Waals surface area contributed by atoms with Crippen LogP contribution in [0.15, 0.2) is 46.9 Å². The molecule has 0 aliphatic carbocycles. The Morgan fingerprint density at radius 1 is 0.750 bits per heavy atom. The normalized spacial score (nSPS) is 11.4. The first-order chi connectivity index (χ1) is 9.60. The summed E-state index contributed by atoms with van der Waals surface area (Å²) in [6.45, 7) is 0. The Labute approximate surface area is 114 Å². The Balaban J connectivity index is 1.93. The number of phenolic OH excluding ortho intramolecular Hbond substituents is 3. The Morgan fingerprint density at radius 2 is 1.50 bits per heavy atom. The van der Waals surface area contributed by atoms with Crippen molar-refractivity contribution in [1.82, 2.24) is 0 Å². The molecule has 3 rings (SSSR count). The van der Waals surface area contributed by atoms with Gasteiger partial charge < -0.3 is 19.7 Å². The fourth-order valence-corrected chi connectivity index (χ4v) is 2.02. The van der Waals surface area contributed by atoms with Crippen LogP contribution in [0.3, 0.4) is 0 Å². The zero-order valence-corrected chi connectivity index (χ0v) is 10.4. The summed E-state index contributed by atoms with van der Waals surface area (Å²) < 4.78 is 5.56. The highest BCUT2D eigenvalue weighted by Gasteiger charge is 2.02. The van der Waals surface area contributed by atoms with Crippen molar-refractivity contribution in [3.63, 3.8) is 0 Å². The number of fused-ring (bicyclic) bond motifs is 1. The summed E-state index contributed by atoms with van der Waals surface area (Å²) in [5.41, 5.74) is 1.26. The van der Waals surface area contributed by atoms with Crippen LogP contribution in [-0.4, -0.2) is 15.3 Å². The summed E-state index contributed by atoms with van der Waals surface area (Å²) in [4.78, 5) is 0. The zero-order chi connectivity index (χ0) is 14.1. The average Bonchev–Trinajstić information content (AvgIpc) is 2.77. The molecule has 20 heavy (non-hydrogen) atoms. The molecule has 1 aromatic heterocycles. The standard InChI is InChI=1S/C16H12O4/c17-12-3-2-11-7-15(20-16(11)9-12)4-1-10-5-13(18)8-14(19)6-10/h1-9,17-19H/b4-1+. The van der Waals surface area contributed by atoms with Crippen molar-refractivity contribution < 1.29 is 19.7 Å². The smallest absolute Gasteiger partial charge is 0.138 e. The lowest BCUT2D eigenvalue weighted by Gasteiger charge is -1.97. The maximum atomic E-state index is 9.39. The van der Waals surface area contributed by atoms with E-state index in [9.17, 15) is 15.3 Å². The topological polar surface area (TPSA) is 73.8 Å². The Morgan fingerprint density at radius 3 is 2.25 bits per heavy atom. The van der Waals surface area contributed by atoms with Gasteiger partial charge in [-0.3, -0.25) is 0 Å². The lowest BCUT2D eigenvalue weighted by Crippen LogP contribution is -1.72. The first kappa shape index (κ1) is 12.2. The molecule has 3 N–H and O–H groups in total. The maximum absolute atomic E-state index is 9.39. The molecule has 0 aliphatic rings. The van der Waals surface area contributed by atoms with E-state index in [-0.39, 0.29) is 17.2 Å². The lowest BCUT2D eigenvalue weighted by molar-refractivity contribution is 0.450. The van der Waals surface area contributed by atoms with Gasteiger partial charge in [-0.05, 0) is 42.0 Å². The van der Waals surface area contributed by atoms with Gasteiger partial charge in [0.15, 0.2) is 0 Å². The number of hydrogen-bond donors (Lipinski definition) is 3. The van der Waals surface area contributed by atoms with Gasteiger partial charge >= 0.3 is 0 Å². The molecule has 0 unspecified atom stereocenters. The Kier molecular flexibility index (Phi) is 2.84. The average molecular weight is 268 g/mol. The molecule has 0 saturated heterocycles. The molecule has 0 saturated carbocycles. The summed E-state index contributed by atoms with van der Waals surface area (Å²) in [5.74, 6) is 0.770. The quantitative estimate of drug-likeness (QED) is 0.662. The molecule has 0 atom stereocenters. The SMILES string of the molecule is Oc1cc(O)cc(/C=C/c2cc3ccc(O)cc3o2)c1. The lowest BCUT2D eigenvalue weighted by atomic mass is 10.2. The largest absolute Gasteiger partial charge is 0.508 e. The summed E-state index contributed by atoms with van der Waals surface area (Å²) in [5, 5.41) is 29.0. The van der Waals surface area contributed by atoms with Crippen molar-refractivity contribution in [1.29, 1.82) is 0 Å². The van der Waals surface area contributed by atoms with Crippen molar-refractivity contribution in [2.75, 3.05) is 0 Å². The first-order valence-electron chi connectivity index (χ1n) is 6.04. The number of benzene rings is 2. The van der Waals surface area contributed by atoms with Crippen LogP contribution in [0.2, 0.25) is 0 Å². The van der Waals surface area contributed by atoms with Gasteiger partial charge in [0, 0.05) is 17.5 Å². The highest BCUT2D eigenvalue weighted by molar-refractivity contribution is 5.82. The van der Waals surface area contributed by atoms with Gasteiger partial charge in [0.1, 0.15) is 28.6 Å². The van der Waals surface area contributed by atoms with E-state index in [0.29, 0.717) is 16.9 Å². The van der Waals surface area contributed by atoms with Gasteiger partial charge in [-0.1, -0.05) is 6.08 Å². The molecule has 2 aromatic carbocycles. The molecule has 4 heteroatoms. The van der Waals surface area contributed by atoms with E-state index in [2.05, 4.69) is 0 Å². The fourth-order valence-electron chi connectivity index (χ4n) is 2.02. The van der Waals surface area contributed by atoms with Crippen LogP contribution in [0.1, 0.15) is 11.3 Å². The molecule has 0 amide bonds. The van der Waals surface area contributed by atoms with Crippen LogP contribution >= 0.6 is 0 Å². The van der Waals surface area contributed by atoms with Gasteiger partial charge in [-0.2, -0.15) is 0 Å². The number of furan rings is 1. The highest BCUT2D eigenvalue weighted by Crippen LogP contribution is 2.26. The number of aromatic hydroxyl groups is 3. The van der Waals surface area contributed by atoms with Gasteiger partial charge in [-0.15, -0.1) is 0 Å². The van der Waals surface area contributed by atoms with E-state index < -0.39 is 0 Å². The molecule has 0 fully saturated rings. The summed E-state index contributed by atoms with van der Waals surface area (Å²) in [6.07, 6.45) is 3.45. The zero-order valence-electron chi connectivity index (χ0n) is 10.4. The van der Waals surface area contributed by atoms with E-state index in [1.165, 1.54) is 18.2 Å². The van der Waals surface area contributed by atoms with Gasteiger partial charge in [-0.25, -0.2) is 0 Å². The van der Waals surface area contributed by atoms with Crippen LogP contribution in [-0.2, 0) is 0 Å². The summed E-state index contributed by atoms with van der Waals surface area (Å²) in [7, 11) is 0. The van der Waals surface area contributed by atoms with Crippen LogP contribution in [0.4, 0.5) is 0 Å². The second-order valence-electron chi connectivity index (χ2n) is 4.49. The molecular formula is C16H12O4. The van der Waals surface area contributed by atoms with Crippen LogP contribution in [0.5, 0.6) is 17.2 Å². The van der Waals surface area contributed by atoms with Gasteiger partial charge in [0.25, 0.3) is 0 Å². The molecule has 0 aliphatic heterocycles. The molecule has 4 nitrogen and oxygen atoms in total. The monoisotopic (exact) mass is 268 g/mol. The second-order valence-corrected chi connectivity index (χ2v) is 4.49. The van der Waals surface area contributed by atoms with E-state index in [1.807, 2.05) is 6.07 Å². The van der Waals surface area contributed by atoms with Crippen molar-refractivity contribution in [3.05, 3.63) is 53.8 Å². The molecule has 3 aromatic rings. The fraction of sp³-hybridized carbons (Fsp3) is 0.